The highest BCUT2D eigenvalue weighted by Crippen LogP contribution is 2.15. The van der Waals surface area contributed by atoms with E-state index in [4.69, 9.17) is 0 Å². The van der Waals surface area contributed by atoms with Crippen molar-refractivity contribution in [1.29, 1.82) is 0 Å². The predicted molar refractivity (Wildman–Crippen MR) is 69.6 cm³/mol. The number of aryl methyl sites for hydroxylation is 1. The molecule has 0 bridgehead atoms. The molecule has 0 aliphatic carbocycles. The van der Waals surface area contributed by atoms with E-state index in [9.17, 15) is 8.78 Å². The second kappa shape index (κ2) is 6.43. The summed E-state index contributed by atoms with van der Waals surface area (Å²) in [4.78, 5) is 3.97. The maximum Gasteiger partial charge on any atom is 0.159 e. The van der Waals surface area contributed by atoms with Gasteiger partial charge in [0.05, 0.1) is 6.33 Å². The topological polar surface area (TPSA) is 29.9 Å². The van der Waals surface area contributed by atoms with Gasteiger partial charge in [-0.15, -0.1) is 0 Å². The number of aromatic nitrogens is 2. The van der Waals surface area contributed by atoms with E-state index in [1.54, 1.807) is 18.6 Å². The van der Waals surface area contributed by atoms with Crippen LogP contribution in [0.2, 0.25) is 0 Å². The van der Waals surface area contributed by atoms with E-state index in [0.717, 1.165) is 31.1 Å². The molecule has 2 aromatic rings. The van der Waals surface area contributed by atoms with Gasteiger partial charge in [0.1, 0.15) is 0 Å². The van der Waals surface area contributed by atoms with Gasteiger partial charge in [-0.05, 0) is 37.6 Å². The third kappa shape index (κ3) is 3.86. The van der Waals surface area contributed by atoms with E-state index in [0.29, 0.717) is 0 Å². The van der Waals surface area contributed by atoms with Crippen LogP contribution in [0, 0.1) is 11.6 Å². The van der Waals surface area contributed by atoms with Crippen molar-refractivity contribution in [3.05, 3.63) is 54.1 Å². The molecule has 3 nitrogen and oxygen atoms in total. The Hall–Kier alpha value is -1.75. The molecule has 0 aliphatic rings. The van der Waals surface area contributed by atoms with E-state index in [-0.39, 0.29) is 6.04 Å². The first kappa shape index (κ1) is 13.7. The van der Waals surface area contributed by atoms with Crippen LogP contribution in [-0.2, 0) is 6.54 Å². The van der Waals surface area contributed by atoms with Crippen LogP contribution in [0.5, 0.6) is 0 Å². The maximum absolute atomic E-state index is 13.1. The molecule has 1 atom stereocenters. The number of halogens is 2. The second-order valence-electron chi connectivity index (χ2n) is 4.50. The highest BCUT2D eigenvalue weighted by Gasteiger charge is 2.08. The van der Waals surface area contributed by atoms with Crippen molar-refractivity contribution in [2.45, 2.75) is 25.9 Å². The number of benzene rings is 1. The van der Waals surface area contributed by atoms with E-state index in [1.807, 2.05) is 17.7 Å². The van der Waals surface area contributed by atoms with Crippen molar-refractivity contribution in [2.75, 3.05) is 6.54 Å². The number of rotatable bonds is 6. The standard InChI is InChI=1S/C14H17F2N3/c1-11(12-3-4-13(15)14(16)9-12)18-5-2-7-19-8-6-17-10-19/h3-4,6,8-11,18H,2,5,7H2,1H3. The van der Waals surface area contributed by atoms with Crippen LogP contribution in [0.15, 0.2) is 36.9 Å². The summed E-state index contributed by atoms with van der Waals surface area (Å²) in [5, 5.41) is 3.29. The number of imidazole rings is 1. The zero-order valence-electron chi connectivity index (χ0n) is 10.8. The minimum Gasteiger partial charge on any atom is -0.337 e. The van der Waals surface area contributed by atoms with Crippen molar-refractivity contribution in [2.24, 2.45) is 0 Å². The SMILES string of the molecule is CC(NCCCn1ccnc1)c1ccc(F)c(F)c1. The van der Waals surface area contributed by atoms with Crippen LogP contribution >= 0.6 is 0 Å². The van der Waals surface area contributed by atoms with Crippen LogP contribution in [0.4, 0.5) is 8.78 Å². The quantitative estimate of drug-likeness (QED) is 0.814. The normalized spacial score (nSPS) is 12.6. The summed E-state index contributed by atoms with van der Waals surface area (Å²) < 4.78 is 27.9. The Morgan fingerprint density at radius 2 is 2.16 bits per heavy atom. The van der Waals surface area contributed by atoms with Crippen molar-refractivity contribution in [1.82, 2.24) is 14.9 Å². The van der Waals surface area contributed by atoms with E-state index in [2.05, 4.69) is 10.3 Å². The third-order valence-corrected chi connectivity index (χ3v) is 3.05. The van der Waals surface area contributed by atoms with Crippen molar-refractivity contribution < 1.29 is 8.78 Å². The molecule has 1 aromatic carbocycles. The maximum atomic E-state index is 13.1. The molecule has 1 heterocycles. The molecule has 5 heteroatoms. The minimum atomic E-state index is -0.809. The zero-order valence-corrected chi connectivity index (χ0v) is 10.8. The van der Waals surface area contributed by atoms with Gasteiger partial charge in [-0.25, -0.2) is 13.8 Å². The molecule has 0 aliphatic heterocycles. The van der Waals surface area contributed by atoms with Gasteiger partial charge in [-0.3, -0.25) is 0 Å². The fourth-order valence-electron chi connectivity index (χ4n) is 1.90. The molecular formula is C14H17F2N3. The fraction of sp³-hybridized carbons (Fsp3) is 0.357. The first-order valence-electron chi connectivity index (χ1n) is 6.31. The van der Waals surface area contributed by atoms with Crippen molar-refractivity contribution in [3.63, 3.8) is 0 Å². The molecule has 102 valence electrons. The lowest BCUT2D eigenvalue weighted by molar-refractivity contribution is 0.496. The highest BCUT2D eigenvalue weighted by molar-refractivity contribution is 5.20. The molecule has 0 spiro atoms. The lowest BCUT2D eigenvalue weighted by Gasteiger charge is -2.14. The van der Waals surface area contributed by atoms with Crippen molar-refractivity contribution >= 4 is 0 Å². The summed E-state index contributed by atoms with van der Waals surface area (Å²) in [7, 11) is 0. The Morgan fingerprint density at radius 1 is 1.32 bits per heavy atom. The Balaban J connectivity index is 1.77. The zero-order chi connectivity index (χ0) is 13.7. The Bertz CT molecular complexity index is 511. The first-order chi connectivity index (χ1) is 9.16. The molecular weight excluding hydrogens is 248 g/mol. The molecule has 1 aromatic heterocycles. The van der Waals surface area contributed by atoms with Gasteiger partial charge < -0.3 is 9.88 Å². The van der Waals surface area contributed by atoms with E-state index < -0.39 is 11.6 Å². The largest absolute Gasteiger partial charge is 0.337 e. The summed E-state index contributed by atoms with van der Waals surface area (Å²) in [5.41, 5.74) is 0.751. The fourth-order valence-corrected chi connectivity index (χ4v) is 1.90. The van der Waals surface area contributed by atoms with Crippen molar-refractivity contribution in [3.8, 4) is 0 Å². The summed E-state index contributed by atoms with van der Waals surface area (Å²) in [5.74, 6) is -1.61. The van der Waals surface area contributed by atoms with Gasteiger partial charge in [0.2, 0.25) is 0 Å². The number of hydrogen-bond acceptors (Lipinski definition) is 2. The summed E-state index contributed by atoms with van der Waals surface area (Å²) in [6.45, 7) is 3.62. The van der Waals surface area contributed by atoms with Crippen LogP contribution in [0.3, 0.4) is 0 Å². The minimum absolute atomic E-state index is 0.00196. The molecule has 1 N–H and O–H groups in total. The van der Waals surface area contributed by atoms with Gasteiger partial charge >= 0.3 is 0 Å². The molecule has 0 saturated heterocycles. The molecule has 1 unspecified atom stereocenters. The second-order valence-corrected chi connectivity index (χ2v) is 4.50. The molecule has 0 amide bonds. The summed E-state index contributed by atoms with van der Waals surface area (Å²) in [6, 6.07) is 4.00. The lowest BCUT2D eigenvalue weighted by Crippen LogP contribution is -2.21. The van der Waals surface area contributed by atoms with Gasteiger partial charge in [0, 0.05) is 25.0 Å². The van der Waals surface area contributed by atoms with Gasteiger partial charge in [-0.1, -0.05) is 6.07 Å². The number of nitrogens with one attached hydrogen (secondary N) is 1. The van der Waals surface area contributed by atoms with E-state index >= 15 is 0 Å². The predicted octanol–water partition coefficient (Wildman–Crippen LogP) is 2.90. The van der Waals surface area contributed by atoms with Crippen LogP contribution in [0.1, 0.15) is 24.9 Å². The monoisotopic (exact) mass is 265 g/mol. The van der Waals surface area contributed by atoms with Gasteiger partial charge in [0.15, 0.2) is 11.6 Å². The third-order valence-electron chi connectivity index (χ3n) is 3.05. The number of nitrogens with zero attached hydrogens (tertiary/aromatic N) is 2. The molecule has 0 saturated carbocycles. The van der Waals surface area contributed by atoms with Crippen LogP contribution in [-0.4, -0.2) is 16.1 Å². The Morgan fingerprint density at radius 3 is 2.84 bits per heavy atom. The van der Waals surface area contributed by atoms with E-state index in [1.165, 1.54) is 6.07 Å². The van der Waals surface area contributed by atoms with Gasteiger partial charge in [0.25, 0.3) is 0 Å². The summed E-state index contributed by atoms with van der Waals surface area (Å²) in [6.07, 6.45) is 6.39. The highest BCUT2D eigenvalue weighted by atomic mass is 19.2. The Labute approximate surface area is 111 Å². The molecule has 19 heavy (non-hydrogen) atoms. The smallest absolute Gasteiger partial charge is 0.159 e. The van der Waals surface area contributed by atoms with Crippen LogP contribution in [0.25, 0.3) is 0 Å². The molecule has 2 rings (SSSR count). The average molecular weight is 265 g/mol. The number of hydrogen-bond donors (Lipinski definition) is 1. The Kier molecular flexibility index (Phi) is 4.63. The lowest BCUT2D eigenvalue weighted by atomic mass is 10.1. The van der Waals surface area contributed by atoms with Gasteiger partial charge in [-0.2, -0.15) is 0 Å². The summed E-state index contributed by atoms with van der Waals surface area (Å²) >= 11 is 0. The molecule has 0 radical (unpaired) electrons. The average Bonchev–Trinajstić information content (AvgIpc) is 2.91. The van der Waals surface area contributed by atoms with Crippen LogP contribution < -0.4 is 5.32 Å². The molecule has 0 fully saturated rings. The first-order valence-corrected chi connectivity index (χ1v) is 6.31.